The molecule has 2 aromatic rings. The Morgan fingerprint density at radius 3 is 2.73 bits per heavy atom. The van der Waals surface area contributed by atoms with Crippen LogP contribution in [0.4, 0.5) is 4.39 Å². The predicted molar refractivity (Wildman–Crippen MR) is 60.1 cm³/mol. The maximum absolute atomic E-state index is 12.9. The first-order chi connectivity index (χ1) is 7.16. The summed E-state index contributed by atoms with van der Waals surface area (Å²) in [6.45, 7) is 0. The van der Waals surface area contributed by atoms with Crippen molar-refractivity contribution >= 4 is 27.5 Å². The van der Waals surface area contributed by atoms with E-state index < -0.39 is 5.82 Å². The standard InChI is InChI=1S/C10H5BrClFN2/c11-10-14-4-3-9(15-10)6-1-2-8(13)7(12)5-6/h1-5H. The van der Waals surface area contributed by atoms with Crippen LogP contribution >= 0.6 is 27.5 Å². The lowest BCUT2D eigenvalue weighted by atomic mass is 10.1. The van der Waals surface area contributed by atoms with E-state index in [-0.39, 0.29) is 5.02 Å². The summed E-state index contributed by atoms with van der Waals surface area (Å²) in [5.41, 5.74) is 1.45. The van der Waals surface area contributed by atoms with Gasteiger partial charge < -0.3 is 0 Å². The van der Waals surface area contributed by atoms with Gasteiger partial charge in [0.05, 0.1) is 10.7 Å². The number of rotatable bonds is 1. The van der Waals surface area contributed by atoms with E-state index >= 15 is 0 Å². The lowest BCUT2D eigenvalue weighted by Crippen LogP contribution is -1.87. The average Bonchev–Trinajstić information content (AvgIpc) is 2.22. The van der Waals surface area contributed by atoms with E-state index in [0.29, 0.717) is 10.4 Å². The summed E-state index contributed by atoms with van der Waals surface area (Å²) in [5, 5.41) is 0.0854. The topological polar surface area (TPSA) is 25.8 Å². The fourth-order valence-corrected chi connectivity index (χ4v) is 1.64. The third kappa shape index (κ3) is 2.33. The van der Waals surface area contributed by atoms with Crippen molar-refractivity contribution in [1.82, 2.24) is 9.97 Å². The van der Waals surface area contributed by atoms with Gasteiger partial charge >= 0.3 is 0 Å². The minimum atomic E-state index is -0.437. The normalized spacial score (nSPS) is 10.3. The molecule has 0 aliphatic carbocycles. The van der Waals surface area contributed by atoms with Crippen molar-refractivity contribution < 1.29 is 4.39 Å². The Labute approximate surface area is 99.3 Å². The summed E-state index contributed by atoms with van der Waals surface area (Å²) in [6, 6.07) is 6.20. The van der Waals surface area contributed by atoms with Crippen molar-refractivity contribution in [2.45, 2.75) is 0 Å². The van der Waals surface area contributed by atoms with Crippen LogP contribution < -0.4 is 0 Å². The fraction of sp³-hybridized carbons (Fsp3) is 0. The Hall–Kier alpha value is -1.00. The van der Waals surface area contributed by atoms with Gasteiger partial charge in [-0.2, -0.15) is 0 Å². The zero-order chi connectivity index (χ0) is 10.8. The number of nitrogens with zero attached hydrogens (tertiary/aromatic N) is 2. The molecule has 0 bridgehead atoms. The highest BCUT2D eigenvalue weighted by Crippen LogP contribution is 2.23. The van der Waals surface area contributed by atoms with E-state index in [2.05, 4.69) is 25.9 Å². The van der Waals surface area contributed by atoms with Crippen LogP contribution in [0.3, 0.4) is 0 Å². The van der Waals surface area contributed by atoms with Gasteiger partial charge in [0.15, 0.2) is 4.73 Å². The summed E-state index contributed by atoms with van der Waals surface area (Å²) >= 11 is 8.84. The second kappa shape index (κ2) is 4.24. The van der Waals surface area contributed by atoms with Crippen LogP contribution in [-0.2, 0) is 0 Å². The molecule has 1 aromatic heterocycles. The predicted octanol–water partition coefficient (Wildman–Crippen LogP) is 3.70. The van der Waals surface area contributed by atoms with E-state index in [9.17, 15) is 4.39 Å². The highest BCUT2D eigenvalue weighted by atomic mass is 79.9. The van der Waals surface area contributed by atoms with E-state index in [1.807, 2.05) is 0 Å². The maximum Gasteiger partial charge on any atom is 0.197 e. The molecule has 0 amide bonds. The minimum Gasteiger partial charge on any atom is -0.231 e. The molecule has 0 fully saturated rings. The Balaban J connectivity index is 2.50. The van der Waals surface area contributed by atoms with Crippen molar-refractivity contribution in [2.75, 3.05) is 0 Å². The first-order valence-corrected chi connectivity index (χ1v) is 5.28. The number of benzene rings is 1. The second-order valence-electron chi connectivity index (χ2n) is 2.84. The van der Waals surface area contributed by atoms with Crippen molar-refractivity contribution in [3.8, 4) is 11.3 Å². The van der Waals surface area contributed by atoms with E-state index in [0.717, 1.165) is 5.56 Å². The van der Waals surface area contributed by atoms with Crippen molar-refractivity contribution in [1.29, 1.82) is 0 Å². The second-order valence-corrected chi connectivity index (χ2v) is 3.96. The van der Waals surface area contributed by atoms with Crippen molar-refractivity contribution in [3.05, 3.63) is 46.0 Å². The van der Waals surface area contributed by atoms with Gasteiger partial charge in [0.2, 0.25) is 0 Å². The fourth-order valence-electron chi connectivity index (χ4n) is 1.15. The van der Waals surface area contributed by atoms with E-state index in [1.165, 1.54) is 12.1 Å². The first kappa shape index (κ1) is 10.5. The summed E-state index contributed by atoms with van der Waals surface area (Å²) < 4.78 is 13.4. The Kier molecular flexibility index (Phi) is 2.98. The third-order valence-electron chi connectivity index (χ3n) is 1.84. The molecular formula is C10H5BrClFN2. The first-order valence-electron chi connectivity index (χ1n) is 4.11. The molecular weight excluding hydrogens is 282 g/mol. The average molecular weight is 288 g/mol. The lowest BCUT2D eigenvalue weighted by molar-refractivity contribution is 0.628. The molecule has 76 valence electrons. The number of halogens is 3. The van der Waals surface area contributed by atoms with Crippen LogP contribution in [-0.4, -0.2) is 9.97 Å². The summed E-state index contributed by atoms with van der Waals surface area (Å²) in [6.07, 6.45) is 1.61. The summed E-state index contributed by atoms with van der Waals surface area (Å²) in [7, 11) is 0. The monoisotopic (exact) mass is 286 g/mol. The van der Waals surface area contributed by atoms with Crippen molar-refractivity contribution in [3.63, 3.8) is 0 Å². The van der Waals surface area contributed by atoms with Gasteiger partial charge in [-0.25, -0.2) is 14.4 Å². The van der Waals surface area contributed by atoms with E-state index in [1.54, 1.807) is 18.3 Å². The quantitative estimate of drug-likeness (QED) is 0.747. The van der Waals surface area contributed by atoms with Crippen LogP contribution in [0.1, 0.15) is 0 Å². The van der Waals surface area contributed by atoms with Crippen LogP contribution in [0, 0.1) is 5.82 Å². The molecule has 2 rings (SSSR count). The Bertz CT molecular complexity index is 505. The minimum absolute atomic E-state index is 0.0854. The molecule has 0 aliphatic heterocycles. The molecule has 15 heavy (non-hydrogen) atoms. The van der Waals surface area contributed by atoms with Gasteiger partial charge in [0, 0.05) is 11.8 Å². The number of hydrogen-bond acceptors (Lipinski definition) is 2. The van der Waals surface area contributed by atoms with Gasteiger partial charge in [-0.15, -0.1) is 0 Å². The molecule has 0 saturated carbocycles. The highest BCUT2D eigenvalue weighted by molar-refractivity contribution is 9.10. The molecule has 0 atom stereocenters. The molecule has 0 spiro atoms. The van der Waals surface area contributed by atoms with Crippen molar-refractivity contribution in [2.24, 2.45) is 0 Å². The van der Waals surface area contributed by atoms with Crippen LogP contribution in [0.25, 0.3) is 11.3 Å². The lowest BCUT2D eigenvalue weighted by Gasteiger charge is -2.01. The van der Waals surface area contributed by atoms with Gasteiger partial charge in [0.1, 0.15) is 5.82 Å². The van der Waals surface area contributed by atoms with Crippen LogP contribution in [0.5, 0.6) is 0 Å². The zero-order valence-electron chi connectivity index (χ0n) is 7.42. The largest absolute Gasteiger partial charge is 0.231 e. The number of hydrogen-bond donors (Lipinski definition) is 0. The SMILES string of the molecule is Fc1ccc(-c2ccnc(Br)n2)cc1Cl. The molecule has 0 aliphatic rings. The van der Waals surface area contributed by atoms with Crippen LogP contribution in [0.2, 0.25) is 5.02 Å². The maximum atomic E-state index is 12.9. The van der Waals surface area contributed by atoms with Gasteiger partial charge in [-0.05, 0) is 40.2 Å². The smallest absolute Gasteiger partial charge is 0.197 e. The Morgan fingerprint density at radius 2 is 2.07 bits per heavy atom. The Morgan fingerprint density at radius 1 is 1.27 bits per heavy atom. The molecule has 0 unspecified atom stereocenters. The van der Waals surface area contributed by atoms with Crippen LogP contribution in [0.15, 0.2) is 35.2 Å². The van der Waals surface area contributed by atoms with E-state index in [4.69, 9.17) is 11.6 Å². The highest BCUT2D eigenvalue weighted by Gasteiger charge is 2.04. The molecule has 5 heteroatoms. The molecule has 1 aromatic carbocycles. The summed E-state index contributed by atoms with van der Waals surface area (Å²) in [4.78, 5) is 8.04. The third-order valence-corrected chi connectivity index (χ3v) is 2.51. The van der Waals surface area contributed by atoms with Gasteiger partial charge in [-0.1, -0.05) is 11.6 Å². The molecule has 0 N–H and O–H groups in total. The molecule has 2 nitrogen and oxygen atoms in total. The molecule has 0 saturated heterocycles. The molecule has 1 heterocycles. The number of aromatic nitrogens is 2. The molecule has 0 radical (unpaired) electrons. The van der Waals surface area contributed by atoms with Gasteiger partial charge in [-0.3, -0.25) is 0 Å². The summed E-state index contributed by atoms with van der Waals surface area (Å²) in [5.74, 6) is -0.437. The van der Waals surface area contributed by atoms with Gasteiger partial charge in [0.25, 0.3) is 0 Å². The zero-order valence-corrected chi connectivity index (χ0v) is 9.76.